The Kier molecular flexibility index (Phi) is 6.17. The van der Waals surface area contributed by atoms with Crippen LogP contribution in [0.5, 0.6) is 0 Å². The molecule has 0 aromatic rings. The average molecular weight is 286 g/mol. The van der Waals surface area contributed by atoms with Gasteiger partial charge in [-0.05, 0) is 18.6 Å². The van der Waals surface area contributed by atoms with Gasteiger partial charge in [0.25, 0.3) is 0 Å². The Bertz CT molecular complexity index is 335. The van der Waals surface area contributed by atoms with Crippen LogP contribution in [0.1, 0.15) is 40.5 Å². The Labute approximate surface area is 120 Å². The van der Waals surface area contributed by atoms with Gasteiger partial charge >= 0.3 is 0 Å². The van der Waals surface area contributed by atoms with E-state index in [1.807, 2.05) is 27.0 Å². The molecule has 1 heterocycles. The molecule has 2 amide bonds. The molecule has 19 heavy (non-hydrogen) atoms. The maximum atomic E-state index is 12.6. The first kappa shape index (κ1) is 16.3. The molecule has 0 spiro atoms. The summed E-state index contributed by atoms with van der Waals surface area (Å²) in [5.41, 5.74) is 0. The largest absolute Gasteiger partial charge is 0.342 e. The van der Waals surface area contributed by atoms with Gasteiger partial charge in [0.05, 0.1) is 0 Å². The zero-order valence-corrected chi connectivity index (χ0v) is 13.4. The molecule has 4 unspecified atom stereocenters. The second-order valence-corrected chi connectivity index (χ2v) is 6.61. The number of nitrogens with zero attached hydrogens (tertiary/aromatic N) is 1. The smallest absolute Gasteiger partial charge is 0.246 e. The van der Waals surface area contributed by atoms with Gasteiger partial charge in [-0.15, -0.1) is 0 Å². The van der Waals surface area contributed by atoms with Crippen molar-refractivity contribution in [2.45, 2.75) is 57.9 Å². The van der Waals surface area contributed by atoms with E-state index in [4.69, 9.17) is 0 Å². The van der Waals surface area contributed by atoms with Gasteiger partial charge in [0, 0.05) is 11.8 Å². The molecule has 0 aliphatic carbocycles. The van der Waals surface area contributed by atoms with E-state index in [9.17, 15) is 9.59 Å². The van der Waals surface area contributed by atoms with Crippen LogP contribution in [-0.4, -0.2) is 46.8 Å². The van der Waals surface area contributed by atoms with Gasteiger partial charge in [0.2, 0.25) is 11.8 Å². The third-order valence-corrected chi connectivity index (χ3v) is 4.94. The van der Waals surface area contributed by atoms with E-state index in [2.05, 4.69) is 12.2 Å². The van der Waals surface area contributed by atoms with Gasteiger partial charge in [0.15, 0.2) is 0 Å². The van der Waals surface area contributed by atoms with Crippen LogP contribution in [0.4, 0.5) is 0 Å². The molecule has 1 fully saturated rings. The molecule has 1 aliphatic heterocycles. The second kappa shape index (κ2) is 7.17. The monoisotopic (exact) mass is 286 g/mol. The highest BCUT2D eigenvalue weighted by Gasteiger charge is 2.41. The summed E-state index contributed by atoms with van der Waals surface area (Å²) in [5, 5.41) is 3.25. The highest BCUT2D eigenvalue weighted by molar-refractivity contribution is 7.99. The molecule has 1 N–H and O–H groups in total. The Morgan fingerprint density at radius 1 is 1.32 bits per heavy atom. The summed E-state index contributed by atoms with van der Waals surface area (Å²) in [4.78, 5) is 26.6. The van der Waals surface area contributed by atoms with Crippen LogP contribution in [0.2, 0.25) is 0 Å². The summed E-state index contributed by atoms with van der Waals surface area (Å²) in [7, 11) is 0. The zero-order chi connectivity index (χ0) is 14.6. The Morgan fingerprint density at radius 3 is 2.42 bits per heavy atom. The molecular weight excluding hydrogens is 260 g/mol. The lowest BCUT2D eigenvalue weighted by molar-refractivity contribution is -0.150. The summed E-state index contributed by atoms with van der Waals surface area (Å²) in [5.74, 6) is 0.267. The van der Waals surface area contributed by atoms with E-state index in [0.717, 1.165) is 6.42 Å². The number of nitrogens with one attached hydrogen (secondary N) is 1. The number of amides is 2. The first-order valence-corrected chi connectivity index (χ1v) is 8.38. The number of thioether (sulfide) groups is 1. The third kappa shape index (κ3) is 3.65. The molecule has 5 heteroatoms. The van der Waals surface area contributed by atoms with Crippen molar-refractivity contribution in [1.82, 2.24) is 10.2 Å². The van der Waals surface area contributed by atoms with Gasteiger partial charge in [-0.3, -0.25) is 9.59 Å². The Balaban J connectivity index is 2.92. The first-order valence-electron chi connectivity index (χ1n) is 7.09. The molecule has 1 saturated heterocycles. The molecule has 4 nitrogen and oxygen atoms in total. The maximum absolute atomic E-state index is 12.6. The summed E-state index contributed by atoms with van der Waals surface area (Å²) in [6.07, 6.45) is 3.59. The fraction of sp³-hybridized carbons (Fsp3) is 0.857. The van der Waals surface area contributed by atoms with Crippen LogP contribution in [0.3, 0.4) is 0 Å². The highest BCUT2D eigenvalue weighted by Crippen LogP contribution is 2.21. The van der Waals surface area contributed by atoms with Crippen molar-refractivity contribution in [3.05, 3.63) is 0 Å². The van der Waals surface area contributed by atoms with Crippen LogP contribution in [-0.2, 0) is 9.59 Å². The zero-order valence-electron chi connectivity index (χ0n) is 12.6. The van der Waals surface area contributed by atoms with Crippen molar-refractivity contribution in [1.29, 1.82) is 0 Å². The predicted octanol–water partition coefficient (Wildman–Crippen LogP) is 1.89. The van der Waals surface area contributed by atoms with Crippen LogP contribution >= 0.6 is 11.8 Å². The summed E-state index contributed by atoms with van der Waals surface area (Å²) < 4.78 is 0. The highest BCUT2D eigenvalue weighted by atomic mass is 32.2. The average Bonchev–Trinajstić information content (AvgIpc) is 2.41. The van der Waals surface area contributed by atoms with E-state index in [1.54, 1.807) is 16.7 Å². The normalized spacial score (nSPS) is 27.1. The lowest BCUT2D eigenvalue weighted by atomic mass is 9.93. The van der Waals surface area contributed by atoms with Crippen molar-refractivity contribution in [2.24, 2.45) is 5.92 Å². The van der Waals surface area contributed by atoms with E-state index < -0.39 is 0 Å². The molecule has 0 bridgehead atoms. The number of hydrogen-bond acceptors (Lipinski definition) is 3. The molecule has 110 valence electrons. The molecule has 1 rings (SSSR count). The van der Waals surface area contributed by atoms with Crippen molar-refractivity contribution < 1.29 is 9.59 Å². The first-order chi connectivity index (χ1) is 8.96. The van der Waals surface area contributed by atoms with Gasteiger partial charge in [-0.25, -0.2) is 0 Å². The van der Waals surface area contributed by atoms with E-state index >= 15 is 0 Å². The van der Waals surface area contributed by atoms with Gasteiger partial charge in [-0.2, -0.15) is 11.8 Å². The quantitative estimate of drug-likeness (QED) is 0.811. The van der Waals surface area contributed by atoms with Gasteiger partial charge < -0.3 is 10.2 Å². The lowest BCUT2D eigenvalue weighted by Gasteiger charge is -2.41. The van der Waals surface area contributed by atoms with Crippen molar-refractivity contribution in [3.8, 4) is 0 Å². The minimum Gasteiger partial charge on any atom is -0.342 e. The number of carbonyl (C=O) groups is 2. The lowest BCUT2D eigenvalue weighted by Crippen LogP contribution is -2.65. The Hall–Kier alpha value is -0.710. The van der Waals surface area contributed by atoms with Crippen LogP contribution in [0.15, 0.2) is 0 Å². The predicted molar refractivity (Wildman–Crippen MR) is 80.2 cm³/mol. The molecule has 0 aromatic heterocycles. The van der Waals surface area contributed by atoms with Crippen molar-refractivity contribution in [2.75, 3.05) is 12.8 Å². The number of piperazine rings is 1. The van der Waals surface area contributed by atoms with E-state index in [-0.39, 0.29) is 29.8 Å². The summed E-state index contributed by atoms with van der Waals surface area (Å²) in [6, 6.07) is -0.656. The van der Waals surface area contributed by atoms with Gasteiger partial charge in [0.1, 0.15) is 12.1 Å². The minimum absolute atomic E-state index is 0.000651. The van der Waals surface area contributed by atoms with Gasteiger partial charge in [-0.1, -0.05) is 34.1 Å². The molecule has 0 saturated carbocycles. The topological polar surface area (TPSA) is 49.4 Å². The van der Waals surface area contributed by atoms with Crippen LogP contribution in [0, 0.1) is 5.92 Å². The number of rotatable bonds is 6. The second-order valence-electron chi connectivity index (χ2n) is 5.33. The minimum atomic E-state index is -0.352. The molecule has 0 radical (unpaired) electrons. The molecule has 0 aromatic carbocycles. The van der Waals surface area contributed by atoms with Crippen molar-refractivity contribution in [3.63, 3.8) is 0 Å². The third-order valence-electron chi connectivity index (χ3n) is 3.98. The maximum Gasteiger partial charge on any atom is 0.246 e. The van der Waals surface area contributed by atoms with E-state index in [1.165, 1.54) is 0 Å². The SMILES string of the molecule is CCC(C)C1NC(=O)C(CC)N(CC(C)SC)C1=O. The molecular formula is C14H26N2O2S. The number of carbonyl (C=O) groups excluding carboxylic acids is 2. The van der Waals surface area contributed by atoms with Crippen LogP contribution < -0.4 is 5.32 Å². The molecule has 1 aliphatic rings. The molecule has 4 atom stereocenters. The fourth-order valence-electron chi connectivity index (χ4n) is 2.38. The van der Waals surface area contributed by atoms with E-state index in [0.29, 0.717) is 18.2 Å². The van der Waals surface area contributed by atoms with Crippen LogP contribution in [0.25, 0.3) is 0 Å². The summed E-state index contributed by atoms with van der Waals surface area (Å²) in [6.45, 7) is 8.77. The summed E-state index contributed by atoms with van der Waals surface area (Å²) >= 11 is 1.72. The standard InChI is InChI=1S/C14H26N2O2S/c1-6-9(3)12-14(18)16(8-10(4)19-5)11(7-2)13(17)15-12/h9-12H,6-8H2,1-5H3,(H,15,17). The Morgan fingerprint density at radius 2 is 1.95 bits per heavy atom. The fourth-order valence-corrected chi connectivity index (χ4v) is 2.69. The number of hydrogen-bond donors (Lipinski definition) is 1. The van der Waals surface area contributed by atoms with Crippen molar-refractivity contribution >= 4 is 23.6 Å².